The molecular weight excluding hydrogens is 468 g/mol. The Hall–Kier alpha value is -4.65. The lowest BCUT2D eigenvalue weighted by Crippen LogP contribution is -2.48. The number of carbonyl (C=O) groups excluding carboxylic acids is 2. The first-order chi connectivity index (χ1) is 18.0. The molecule has 0 fully saturated rings. The molecule has 0 saturated carbocycles. The third kappa shape index (κ3) is 6.32. The Morgan fingerprint density at radius 3 is 2.35 bits per heavy atom. The predicted molar refractivity (Wildman–Crippen MR) is 142 cm³/mol. The fourth-order valence-electron chi connectivity index (χ4n) is 4.16. The van der Waals surface area contributed by atoms with Gasteiger partial charge in [-0.25, -0.2) is 9.59 Å². The van der Waals surface area contributed by atoms with E-state index in [9.17, 15) is 19.5 Å². The van der Waals surface area contributed by atoms with Gasteiger partial charge < -0.3 is 20.5 Å². The normalized spacial score (nSPS) is 11.5. The van der Waals surface area contributed by atoms with Crippen molar-refractivity contribution in [3.63, 3.8) is 0 Å². The van der Waals surface area contributed by atoms with Crippen LogP contribution in [-0.2, 0) is 22.6 Å². The SMILES string of the molecule is CCc1ccccc1-c1cccc2cc(C(=O)NCC(NC(=O)OCc3ccccc3)C(=O)O)ccc12. The number of fused-ring (bicyclic) bond motifs is 1. The molecule has 7 nitrogen and oxygen atoms in total. The number of hydrogen-bond donors (Lipinski definition) is 3. The topological polar surface area (TPSA) is 105 Å². The van der Waals surface area contributed by atoms with E-state index in [1.807, 2.05) is 48.5 Å². The summed E-state index contributed by atoms with van der Waals surface area (Å²) >= 11 is 0. The van der Waals surface area contributed by atoms with Gasteiger partial charge in [0.15, 0.2) is 0 Å². The fourth-order valence-corrected chi connectivity index (χ4v) is 4.16. The molecule has 0 saturated heterocycles. The van der Waals surface area contributed by atoms with Gasteiger partial charge in [0.05, 0.1) is 0 Å². The number of benzene rings is 4. The first-order valence-electron chi connectivity index (χ1n) is 12.1. The van der Waals surface area contributed by atoms with Crippen LogP contribution in [0, 0.1) is 0 Å². The molecule has 3 N–H and O–H groups in total. The Balaban J connectivity index is 1.42. The second-order valence-corrected chi connectivity index (χ2v) is 8.56. The second kappa shape index (κ2) is 11.9. The Morgan fingerprint density at radius 1 is 0.865 bits per heavy atom. The van der Waals surface area contributed by atoms with Gasteiger partial charge in [-0.2, -0.15) is 0 Å². The summed E-state index contributed by atoms with van der Waals surface area (Å²) in [5.41, 5.74) is 4.65. The third-order valence-electron chi connectivity index (χ3n) is 6.10. The van der Waals surface area contributed by atoms with E-state index in [-0.39, 0.29) is 13.2 Å². The van der Waals surface area contributed by atoms with Gasteiger partial charge in [-0.05, 0) is 51.6 Å². The largest absolute Gasteiger partial charge is 0.480 e. The van der Waals surface area contributed by atoms with E-state index in [1.54, 1.807) is 24.3 Å². The molecule has 0 spiro atoms. The monoisotopic (exact) mass is 496 g/mol. The van der Waals surface area contributed by atoms with Gasteiger partial charge in [-0.3, -0.25) is 4.79 Å². The van der Waals surface area contributed by atoms with E-state index >= 15 is 0 Å². The van der Waals surface area contributed by atoms with Crippen LogP contribution in [0.4, 0.5) is 4.79 Å². The molecule has 0 aliphatic heterocycles. The Kier molecular flexibility index (Phi) is 8.15. The summed E-state index contributed by atoms with van der Waals surface area (Å²) in [4.78, 5) is 36.5. The molecule has 0 aliphatic carbocycles. The number of alkyl carbamates (subject to hydrolysis) is 1. The van der Waals surface area contributed by atoms with Crippen LogP contribution in [0.5, 0.6) is 0 Å². The van der Waals surface area contributed by atoms with Crippen molar-refractivity contribution >= 4 is 28.7 Å². The lowest BCUT2D eigenvalue weighted by atomic mass is 9.93. The summed E-state index contributed by atoms with van der Waals surface area (Å²) in [6, 6.07) is 27.3. The molecule has 4 aromatic carbocycles. The summed E-state index contributed by atoms with van der Waals surface area (Å²) in [5.74, 6) is -1.72. The summed E-state index contributed by atoms with van der Waals surface area (Å²) in [6.07, 6.45) is 0.0297. The number of ether oxygens (including phenoxy) is 1. The predicted octanol–water partition coefficient (Wildman–Crippen LogP) is 5.18. The van der Waals surface area contributed by atoms with Crippen LogP contribution in [0.2, 0.25) is 0 Å². The van der Waals surface area contributed by atoms with Gasteiger partial charge in [0.1, 0.15) is 12.6 Å². The zero-order valence-electron chi connectivity index (χ0n) is 20.4. The van der Waals surface area contributed by atoms with Crippen molar-refractivity contribution in [3.8, 4) is 11.1 Å². The Bertz CT molecular complexity index is 1420. The number of aliphatic carboxylic acids is 1. The highest BCUT2D eigenvalue weighted by Gasteiger charge is 2.22. The highest BCUT2D eigenvalue weighted by molar-refractivity contribution is 6.03. The number of carbonyl (C=O) groups is 3. The molecule has 0 bridgehead atoms. The van der Waals surface area contributed by atoms with E-state index in [0.717, 1.165) is 33.9 Å². The van der Waals surface area contributed by atoms with Crippen LogP contribution in [0.25, 0.3) is 21.9 Å². The van der Waals surface area contributed by atoms with E-state index in [0.29, 0.717) is 5.56 Å². The first-order valence-corrected chi connectivity index (χ1v) is 12.1. The number of nitrogens with one attached hydrogen (secondary N) is 2. The number of rotatable bonds is 9. The second-order valence-electron chi connectivity index (χ2n) is 8.56. The lowest BCUT2D eigenvalue weighted by molar-refractivity contribution is -0.139. The zero-order valence-corrected chi connectivity index (χ0v) is 20.4. The molecule has 0 aliphatic rings. The average Bonchev–Trinajstić information content (AvgIpc) is 2.93. The van der Waals surface area contributed by atoms with Crippen molar-refractivity contribution in [2.24, 2.45) is 0 Å². The minimum Gasteiger partial charge on any atom is -0.480 e. The smallest absolute Gasteiger partial charge is 0.408 e. The maximum atomic E-state index is 12.8. The molecule has 188 valence electrons. The van der Waals surface area contributed by atoms with Gasteiger partial charge in [-0.15, -0.1) is 0 Å². The van der Waals surface area contributed by atoms with Crippen LogP contribution in [0.1, 0.15) is 28.4 Å². The van der Waals surface area contributed by atoms with Crippen molar-refractivity contribution in [1.82, 2.24) is 10.6 Å². The molecule has 0 heterocycles. The zero-order chi connectivity index (χ0) is 26.2. The minimum atomic E-state index is -1.34. The first kappa shape index (κ1) is 25.4. The molecule has 1 atom stereocenters. The third-order valence-corrected chi connectivity index (χ3v) is 6.10. The highest BCUT2D eigenvalue weighted by Crippen LogP contribution is 2.31. The van der Waals surface area contributed by atoms with Gasteiger partial charge in [0, 0.05) is 12.1 Å². The number of carboxylic acids is 1. The van der Waals surface area contributed by atoms with Gasteiger partial charge in [-0.1, -0.05) is 85.8 Å². The summed E-state index contributed by atoms with van der Waals surface area (Å²) < 4.78 is 5.09. The molecule has 2 amide bonds. The quantitative estimate of drug-likeness (QED) is 0.296. The number of amides is 2. The molecule has 37 heavy (non-hydrogen) atoms. The Labute approximate surface area is 215 Å². The molecule has 0 radical (unpaired) electrons. The molecule has 7 heteroatoms. The van der Waals surface area contributed by atoms with E-state index in [2.05, 4.69) is 35.8 Å². The summed E-state index contributed by atoms with van der Waals surface area (Å²) in [7, 11) is 0. The molecule has 0 aromatic heterocycles. The number of aryl methyl sites for hydroxylation is 1. The molecular formula is C30H28N2O5. The number of carboxylic acid groups (broad SMARTS) is 1. The fraction of sp³-hybridized carbons (Fsp3) is 0.167. The van der Waals surface area contributed by atoms with Crippen molar-refractivity contribution in [1.29, 1.82) is 0 Å². The van der Waals surface area contributed by atoms with Crippen LogP contribution < -0.4 is 10.6 Å². The van der Waals surface area contributed by atoms with Gasteiger partial charge in [0.25, 0.3) is 5.91 Å². The summed E-state index contributed by atoms with van der Waals surface area (Å²) in [5, 5.41) is 16.3. The van der Waals surface area contributed by atoms with Crippen LogP contribution in [0.3, 0.4) is 0 Å². The Morgan fingerprint density at radius 2 is 1.59 bits per heavy atom. The molecule has 4 aromatic rings. The maximum absolute atomic E-state index is 12.8. The van der Waals surface area contributed by atoms with Crippen molar-refractivity contribution < 1.29 is 24.2 Å². The van der Waals surface area contributed by atoms with Gasteiger partial charge in [0.2, 0.25) is 0 Å². The molecule has 1 unspecified atom stereocenters. The molecule has 4 rings (SSSR count). The number of hydrogen-bond acceptors (Lipinski definition) is 4. The average molecular weight is 497 g/mol. The van der Waals surface area contributed by atoms with E-state index in [1.165, 1.54) is 5.56 Å². The highest BCUT2D eigenvalue weighted by atomic mass is 16.5. The lowest BCUT2D eigenvalue weighted by Gasteiger charge is -2.16. The van der Waals surface area contributed by atoms with Crippen LogP contribution in [-0.4, -0.2) is 35.7 Å². The van der Waals surface area contributed by atoms with E-state index < -0.39 is 24.0 Å². The van der Waals surface area contributed by atoms with E-state index in [4.69, 9.17) is 4.74 Å². The van der Waals surface area contributed by atoms with Crippen molar-refractivity contribution in [2.45, 2.75) is 26.0 Å². The van der Waals surface area contributed by atoms with Crippen molar-refractivity contribution in [2.75, 3.05) is 6.54 Å². The van der Waals surface area contributed by atoms with Gasteiger partial charge >= 0.3 is 12.1 Å². The standard InChI is InChI=1S/C30H28N2O5/c1-2-21-11-6-7-13-24(21)26-14-8-12-22-17-23(15-16-25(22)26)28(33)31-18-27(29(34)35)32-30(36)37-19-20-9-4-3-5-10-20/h3-17,27H,2,18-19H2,1H3,(H,31,33)(H,32,36)(H,34,35). The summed E-state index contributed by atoms with van der Waals surface area (Å²) in [6.45, 7) is 1.83. The van der Waals surface area contributed by atoms with Crippen LogP contribution >= 0.6 is 0 Å². The van der Waals surface area contributed by atoms with Crippen molar-refractivity contribution in [3.05, 3.63) is 108 Å². The minimum absolute atomic E-state index is 0.00712. The maximum Gasteiger partial charge on any atom is 0.408 e. The van der Waals surface area contributed by atoms with Crippen LogP contribution in [0.15, 0.2) is 91.0 Å².